The van der Waals surface area contributed by atoms with Crippen molar-refractivity contribution in [1.82, 2.24) is 4.98 Å². The predicted octanol–water partition coefficient (Wildman–Crippen LogP) is 7.44. The molecular weight excluding hydrogens is 450 g/mol. The normalized spacial score (nSPS) is 27.0. The summed E-state index contributed by atoms with van der Waals surface area (Å²) < 4.78 is 6.55. The monoisotopic (exact) mass is 479 g/mol. The molecule has 4 heteroatoms. The molecule has 3 nitrogen and oxygen atoms in total. The largest absolute Gasteiger partial charge is 0.469 e. The van der Waals surface area contributed by atoms with Crippen molar-refractivity contribution in [1.29, 1.82) is 0 Å². The van der Waals surface area contributed by atoms with Crippen molar-refractivity contribution in [2.75, 3.05) is 7.11 Å². The Labute approximate surface area is 192 Å². The van der Waals surface area contributed by atoms with E-state index in [-0.39, 0.29) is 17.3 Å². The van der Waals surface area contributed by atoms with Crippen LogP contribution in [0.3, 0.4) is 0 Å². The van der Waals surface area contributed by atoms with Gasteiger partial charge in [-0.2, -0.15) is 0 Å². The Kier molecular flexibility index (Phi) is 4.68. The quantitative estimate of drug-likeness (QED) is 0.388. The Hall–Kier alpha value is -2.07. The van der Waals surface area contributed by atoms with Crippen LogP contribution in [0.5, 0.6) is 0 Å². The SMILES string of the molecule is COC(=O)[C@@]1(C)CCC[C@]2(C)c3cc(Br)c(C(C)C)cc3-c3[nH]c4ccccc4c3[C@@H]12. The molecule has 1 aromatic heterocycles. The molecule has 0 aliphatic heterocycles. The lowest BCUT2D eigenvalue weighted by Gasteiger charge is -2.54. The predicted molar refractivity (Wildman–Crippen MR) is 130 cm³/mol. The van der Waals surface area contributed by atoms with Gasteiger partial charge >= 0.3 is 5.97 Å². The van der Waals surface area contributed by atoms with Crippen LogP contribution in [0.2, 0.25) is 0 Å². The van der Waals surface area contributed by atoms with Gasteiger partial charge in [0.2, 0.25) is 0 Å². The lowest BCUT2D eigenvalue weighted by atomic mass is 9.49. The average molecular weight is 480 g/mol. The molecule has 31 heavy (non-hydrogen) atoms. The minimum Gasteiger partial charge on any atom is -0.469 e. The number of carbonyl (C=O) groups excluding carboxylic acids is 1. The molecular formula is C27H30BrNO2. The van der Waals surface area contributed by atoms with Gasteiger partial charge in [0.05, 0.1) is 18.2 Å². The highest BCUT2D eigenvalue weighted by atomic mass is 79.9. The summed E-state index contributed by atoms with van der Waals surface area (Å²) in [7, 11) is 1.53. The van der Waals surface area contributed by atoms with Crippen LogP contribution in [-0.4, -0.2) is 18.1 Å². The number of aromatic nitrogens is 1. The van der Waals surface area contributed by atoms with Gasteiger partial charge in [-0.05, 0) is 60.6 Å². The number of H-pyrrole nitrogens is 1. The van der Waals surface area contributed by atoms with Gasteiger partial charge in [0.25, 0.3) is 0 Å². The van der Waals surface area contributed by atoms with Crippen molar-refractivity contribution in [3.8, 4) is 11.3 Å². The number of benzene rings is 2. The standard InChI is InChI=1S/C27H30BrNO2/c1-15(2)17-13-18-19(14-20(17)28)26(3)11-8-12-27(4,25(30)31-5)24(26)22-16-9-6-7-10-21(16)29-23(18)22/h6-7,9-10,13-15,24,29H,8,11-12H2,1-5H3/t24-,26-,27+/m1/s1. The lowest BCUT2D eigenvalue weighted by Crippen LogP contribution is -2.50. The maximum absolute atomic E-state index is 13.2. The fourth-order valence-corrected chi connectivity index (χ4v) is 7.38. The summed E-state index contributed by atoms with van der Waals surface area (Å²) in [6.45, 7) is 8.96. The Morgan fingerprint density at radius 2 is 1.94 bits per heavy atom. The van der Waals surface area contributed by atoms with Crippen LogP contribution < -0.4 is 0 Å². The zero-order chi connectivity index (χ0) is 22.1. The topological polar surface area (TPSA) is 42.1 Å². The van der Waals surface area contributed by atoms with Crippen molar-refractivity contribution < 1.29 is 9.53 Å². The van der Waals surface area contributed by atoms with Crippen LogP contribution in [0.4, 0.5) is 0 Å². The van der Waals surface area contributed by atoms with Gasteiger partial charge in [0.1, 0.15) is 0 Å². The van der Waals surface area contributed by atoms with Gasteiger partial charge in [-0.15, -0.1) is 0 Å². The number of fused-ring (bicyclic) bond motifs is 8. The van der Waals surface area contributed by atoms with E-state index in [4.69, 9.17) is 4.74 Å². The third kappa shape index (κ3) is 2.73. The molecule has 0 unspecified atom stereocenters. The summed E-state index contributed by atoms with van der Waals surface area (Å²) in [6.07, 6.45) is 2.92. The summed E-state index contributed by atoms with van der Waals surface area (Å²) in [5.41, 5.74) is 6.81. The minimum absolute atomic E-state index is 0.0525. The molecule has 0 amide bonds. The van der Waals surface area contributed by atoms with E-state index in [2.05, 4.69) is 85.0 Å². The van der Waals surface area contributed by atoms with E-state index in [1.807, 2.05) is 0 Å². The first kappa shape index (κ1) is 20.8. The molecule has 2 aromatic carbocycles. The van der Waals surface area contributed by atoms with Crippen LogP contribution in [0.15, 0.2) is 40.9 Å². The fourth-order valence-electron chi connectivity index (χ4n) is 6.58. The Morgan fingerprint density at radius 1 is 1.19 bits per heavy atom. The van der Waals surface area contributed by atoms with Gasteiger partial charge in [-0.1, -0.05) is 61.3 Å². The zero-order valence-corrected chi connectivity index (χ0v) is 20.5. The molecule has 162 valence electrons. The van der Waals surface area contributed by atoms with E-state index in [9.17, 15) is 4.79 Å². The average Bonchev–Trinajstić information content (AvgIpc) is 3.12. The number of hydrogen-bond acceptors (Lipinski definition) is 2. The maximum Gasteiger partial charge on any atom is 0.312 e. The van der Waals surface area contributed by atoms with Crippen molar-refractivity contribution in [3.05, 3.63) is 57.6 Å². The second-order valence-electron chi connectivity index (χ2n) is 10.1. The van der Waals surface area contributed by atoms with Crippen molar-refractivity contribution in [2.24, 2.45) is 5.41 Å². The summed E-state index contributed by atoms with van der Waals surface area (Å²) in [6, 6.07) is 13.2. The Morgan fingerprint density at radius 3 is 2.65 bits per heavy atom. The van der Waals surface area contributed by atoms with Gasteiger partial charge < -0.3 is 9.72 Å². The van der Waals surface area contributed by atoms with Crippen molar-refractivity contribution >= 4 is 32.8 Å². The van der Waals surface area contributed by atoms with E-state index >= 15 is 0 Å². The van der Waals surface area contributed by atoms with Crippen LogP contribution in [-0.2, 0) is 14.9 Å². The van der Waals surface area contributed by atoms with Gasteiger partial charge in [-0.3, -0.25) is 4.79 Å². The summed E-state index contributed by atoms with van der Waals surface area (Å²) in [4.78, 5) is 17.0. The number of halogens is 1. The summed E-state index contributed by atoms with van der Waals surface area (Å²) in [5, 5.41) is 1.23. The number of para-hydroxylation sites is 1. The second kappa shape index (κ2) is 6.96. The van der Waals surface area contributed by atoms with Gasteiger partial charge in [0.15, 0.2) is 0 Å². The molecule has 3 atom stereocenters. The number of esters is 1. The van der Waals surface area contributed by atoms with Crippen LogP contribution in [0.25, 0.3) is 22.2 Å². The molecule has 0 spiro atoms. The number of methoxy groups -OCH3 is 1. The highest BCUT2D eigenvalue weighted by Gasteiger charge is 2.58. The molecule has 1 N–H and O–H groups in total. The molecule has 1 heterocycles. The van der Waals surface area contributed by atoms with Crippen molar-refractivity contribution in [2.45, 2.75) is 64.2 Å². The van der Waals surface area contributed by atoms with E-state index in [0.717, 1.165) is 29.3 Å². The molecule has 1 saturated carbocycles. The van der Waals surface area contributed by atoms with E-state index in [1.165, 1.54) is 40.4 Å². The Balaban J connectivity index is 1.91. The van der Waals surface area contributed by atoms with Gasteiger partial charge in [0, 0.05) is 32.3 Å². The van der Waals surface area contributed by atoms with E-state index in [1.54, 1.807) is 0 Å². The number of aromatic amines is 1. The Bertz CT molecular complexity index is 1210. The highest BCUT2D eigenvalue weighted by molar-refractivity contribution is 9.10. The van der Waals surface area contributed by atoms with E-state index < -0.39 is 5.41 Å². The summed E-state index contributed by atoms with van der Waals surface area (Å²) >= 11 is 3.86. The molecule has 1 fully saturated rings. The zero-order valence-electron chi connectivity index (χ0n) is 18.9. The molecule has 0 radical (unpaired) electrons. The van der Waals surface area contributed by atoms with Crippen LogP contribution in [0, 0.1) is 5.41 Å². The first-order valence-electron chi connectivity index (χ1n) is 11.3. The fraction of sp³-hybridized carbons (Fsp3) is 0.444. The third-order valence-corrected chi connectivity index (χ3v) is 8.68. The van der Waals surface area contributed by atoms with Crippen LogP contribution >= 0.6 is 15.9 Å². The van der Waals surface area contributed by atoms with E-state index in [0.29, 0.717) is 5.92 Å². The number of rotatable bonds is 2. The maximum atomic E-state index is 13.2. The molecule has 0 saturated heterocycles. The number of ether oxygens (including phenoxy) is 1. The van der Waals surface area contributed by atoms with Gasteiger partial charge in [-0.25, -0.2) is 0 Å². The molecule has 5 rings (SSSR count). The molecule has 0 bridgehead atoms. The molecule has 2 aliphatic rings. The summed E-state index contributed by atoms with van der Waals surface area (Å²) in [5.74, 6) is 0.377. The highest BCUT2D eigenvalue weighted by Crippen LogP contribution is 2.64. The number of carbonyl (C=O) groups is 1. The number of nitrogens with one attached hydrogen (secondary N) is 1. The molecule has 3 aromatic rings. The lowest BCUT2D eigenvalue weighted by molar-refractivity contribution is -0.157. The third-order valence-electron chi connectivity index (χ3n) is 8.00. The smallest absolute Gasteiger partial charge is 0.312 e. The second-order valence-corrected chi connectivity index (χ2v) is 11.0. The minimum atomic E-state index is -0.567. The first-order valence-corrected chi connectivity index (χ1v) is 12.0. The van der Waals surface area contributed by atoms with Crippen molar-refractivity contribution in [3.63, 3.8) is 0 Å². The molecule has 2 aliphatic carbocycles. The first-order chi connectivity index (χ1) is 14.7. The van der Waals surface area contributed by atoms with Crippen LogP contribution in [0.1, 0.15) is 75.5 Å². The number of hydrogen-bond donors (Lipinski definition) is 1.